The molecule has 1 rings (SSSR count). The van der Waals surface area contributed by atoms with Gasteiger partial charge >= 0.3 is 5.97 Å². The number of nitrogens with zero attached hydrogens (tertiary/aromatic N) is 1. The summed E-state index contributed by atoms with van der Waals surface area (Å²) in [5, 5.41) is 9.12. The normalized spacial score (nSPS) is 19.1. The second-order valence-electron chi connectivity index (χ2n) is 5.52. The van der Waals surface area contributed by atoms with Crippen molar-refractivity contribution in [1.29, 1.82) is 0 Å². The van der Waals surface area contributed by atoms with Crippen LogP contribution in [0.2, 0.25) is 0 Å². The molecule has 1 saturated carbocycles. The number of carboxylic acid groups (broad SMARTS) is 1. The highest BCUT2D eigenvalue weighted by Crippen LogP contribution is 2.35. The molecule has 1 aliphatic rings. The monoisotopic (exact) mass is 239 g/mol. The summed E-state index contributed by atoms with van der Waals surface area (Å²) in [6.45, 7) is 5.02. The Morgan fingerprint density at radius 2 is 1.88 bits per heavy atom. The summed E-state index contributed by atoms with van der Waals surface area (Å²) in [7, 11) is 2.06. The Kier molecular flexibility index (Phi) is 5.19. The lowest BCUT2D eigenvalue weighted by molar-refractivity contribution is -0.141. The molecule has 0 aromatic carbocycles. The van der Waals surface area contributed by atoms with Crippen molar-refractivity contribution in [3.05, 3.63) is 11.6 Å². The molecule has 0 aliphatic heterocycles. The maximum atomic E-state index is 11.1. The maximum Gasteiger partial charge on any atom is 0.305 e. The lowest BCUT2D eigenvalue weighted by atomic mass is 9.78. The molecule has 0 heterocycles. The molecular formula is C14H25NO2. The zero-order valence-corrected chi connectivity index (χ0v) is 11.3. The zero-order valence-electron chi connectivity index (χ0n) is 11.3. The van der Waals surface area contributed by atoms with Gasteiger partial charge in [-0.25, -0.2) is 0 Å². The average molecular weight is 239 g/mol. The first-order valence-corrected chi connectivity index (χ1v) is 6.53. The molecule has 0 aromatic rings. The molecule has 1 fully saturated rings. The van der Waals surface area contributed by atoms with E-state index in [1.807, 2.05) is 0 Å². The summed E-state index contributed by atoms with van der Waals surface area (Å²) in [6.07, 6.45) is 8.06. The third kappa shape index (κ3) is 4.15. The highest BCUT2D eigenvalue weighted by Gasteiger charge is 2.37. The summed E-state index contributed by atoms with van der Waals surface area (Å²) in [5.74, 6) is -0.670. The molecule has 0 bridgehead atoms. The van der Waals surface area contributed by atoms with Gasteiger partial charge in [0.2, 0.25) is 0 Å². The molecule has 17 heavy (non-hydrogen) atoms. The fraction of sp³-hybridized carbons (Fsp3) is 0.786. The first-order chi connectivity index (χ1) is 7.96. The third-order valence-electron chi connectivity index (χ3n) is 3.85. The number of hydrogen-bond acceptors (Lipinski definition) is 2. The first-order valence-electron chi connectivity index (χ1n) is 6.53. The molecule has 3 heteroatoms. The highest BCUT2D eigenvalue weighted by atomic mass is 16.4. The van der Waals surface area contributed by atoms with Crippen LogP contribution in [0.15, 0.2) is 11.6 Å². The highest BCUT2D eigenvalue weighted by molar-refractivity contribution is 5.68. The summed E-state index contributed by atoms with van der Waals surface area (Å²) >= 11 is 0. The first kappa shape index (κ1) is 14.2. The van der Waals surface area contributed by atoms with Gasteiger partial charge in [-0.15, -0.1) is 0 Å². The van der Waals surface area contributed by atoms with E-state index in [9.17, 15) is 4.79 Å². The van der Waals surface area contributed by atoms with Gasteiger partial charge in [0.1, 0.15) is 0 Å². The second kappa shape index (κ2) is 6.20. The maximum absolute atomic E-state index is 11.1. The van der Waals surface area contributed by atoms with Crippen LogP contribution < -0.4 is 0 Å². The molecule has 0 radical (unpaired) electrons. The van der Waals surface area contributed by atoms with E-state index in [1.165, 1.54) is 12.0 Å². The minimum atomic E-state index is -0.670. The van der Waals surface area contributed by atoms with Gasteiger partial charge < -0.3 is 5.11 Å². The van der Waals surface area contributed by atoms with Crippen LogP contribution >= 0.6 is 0 Å². The standard InChI is InChI=1S/C14H25NO2/c1-12(2)7-10-15(3)14(11-13(16)17)8-5-4-6-9-14/h7H,4-6,8-11H2,1-3H3,(H,16,17). The number of likely N-dealkylation sites (N-methyl/N-ethyl adjacent to an activating group) is 1. The third-order valence-corrected chi connectivity index (χ3v) is 3.85. The van der Waals surface area contributed by atoms with Gasteiger partial charge in [0.15, 0.2) is 0 Å². The van der Waals surface area contributed by atoms with Crippen LogP contribution in [0.25, 0.3) is 0 Å². The van der Waals surface area contributed by atoms with E-state index in [1.54, 1.807) is 0 Å². The van der Waals surface area contributed by atoms with Gasteiger partial charge in [0.05, 0.1) is 6.42 Å². The molecule has 0 spiro atoms. The molecule has 98 valence electrons. The predicted molar refractivity (Wildman–Crippen MR) is 70.1 cm³/mol. The minimum absolute atomic E-state index is 0.115. The van der Waals surface area contributed by atoms with Crippen molar-refractivity contribution in [3.8, 4) is 0 Å². The zero-order chi connectivity index (χ0) is 12.9. The predicted octanol–water partition coefficient (Wildman–Crippen LogP) is 3.06. The van der Waals surface area contributed by atoms with Crippen LogP contribution in [0.3, 0.4) is 0 Å². The van der Waals surface area contributed by atoms with E-state index in [4.69, 9.17) is 5.11 Å². The Bertz CT molecular complexity index is 287. The van der Waals surface area contributed by atoms with E-state index in [-0.39, 0.29) is 12.0 Å². The topological polar surface area (TPSA) is 40.5 Å². The molecule has 0 saturated heterocycles. The van der Waals surface area contributed by atoms with Crippen molar-refractivity contribution in [2.75, 3.05) is 13.6 Å². The number of hydrogen-bond donors (Lipinski definition) is 1. The van der Waals surface area contributed by atoms with E-state index >= 15 is 0 Å². The summed E-state index contributed by atoms with van der Waals surface area (Å²) < 4.78 is 0. The average Bonchev–Trinajstić information content (AvgIpc) is 2.26. The van der Waals surface area contributed by atoms with Crippen LogP contribution in [0.5, 0.6) is 0 Å². The lowest BCUT2D eigenvalue weighted by Crippen LogP contribution is -2.49. The summed E-state index contributed by atoms with van der Waals surface area (Å²) in [6, 6.07) is 0. The van der Waals surface area contributed by atoms with Crippen LogP contribution in [0.4, 0.5) is 0 Å². The smallest absolute Gasteiger partial charge is 0.305 e. The minimum Gasteiger partial charge on any atom is -0.481 e. The molecule has 3 nitrogen and oxygen atoms in total. The lowest BCUT2D eigenvalue weighted by Gasteiger charge is -2.43. The van der Waals surface area contributed by atoms with Gasteiger partial charge in [0.25, 0.3) is 0 Å². The molecule has 0 atom stereocenters. The fourth-order valence-corrected chi connectivity index (χ4v) is 2.70. The fourth-order valence-electron chi connectivity index (χ4n) is 2.70. The van der Waals surface area contributed by atoms with Crippen LogP contribution in [-0.2, 0) is 4.79 Å². The van der Waals surface area contributed by atoms with E-state index in [0.29, 0.717) is 0 Å². The molecule has 0 aromatic heterocycles. The van der Waals surface area contributed by atoms with Gasteiger partial charge in [-0.1, -0.05) is 30.9 Å². The number of carbonyl (C=O) groups is 1. The summed E-state index contributed by atoms with van der Waals surface area (Å²) in [5.41, 5.74) is 1.17. The Balaban J connectivity index is 2.73. The van der Waals surface area contributed by atoms with Crippen molar-refractivity contribution in [2.24, 2.45) is 0 Å². The number of allylic oxidation sites excluding steroid dienone is 1. The Morgan fingerprint density at radius 3 is 2.35 bits per heavy atom. The van der Waals surface area contributed by atoms with E-state index < -0.39 is 5.97 Å². The van der Waals surface area contributed by atoms with Crippen molar-refractivity contribution in [1.82, 2.24) is 4.90 Å². The number of carboxylic acids is 1. The van der Waals surface area contributed by atoms with Crippen LogP contribution in [0, 0.1) is 0 Å². The quantitative estimate of drug-likeness (QED) is 0.750. The molecular weight excluding hydrogens is 214 g/mol. The Labute approximate surface area is 105 Å². The van der Waals surface area contributed by atoms with Crippen molar-refractivity contribution < 1.29 is 9.90 Å². The van der Waals surface area contributed by atoms with Crippen LogP contribution in [-0.4, -0.2) is 35.1 Å². The van der Waals surface area contributed by atoms with E-state index in [2.05, 4.69) is 31.9 Å². The van der Waals surface area contributed by atoms with Gasteiger partial charge in [-0.3, -0.25) is 9.69 Å². The Morgan fingerprint density at radius 1 is 1.29 bits per heavy atom. The number of rotatable bonds is 5. The Hall–Kier alpha value is -0.830. The van der Waals surface area contributed by atoms with Crippen molar-refractivity contribution in [3.63, 3.8) is 0 Å². The van der Waals surface area contributed by atoms with Gasteiger partial charge in [-0.2, -0.15) is 0 Å². The van der Waals surface area contributed by atoms with Gasteiger partial charge in [-0.05, 0) is 33.7 Å². The molecule has 1 N–H and O–H groups in total. The van der Waals surface area contributed by atoms with E-state index in [0.717, 1.165) is 32.2 Å². The SMILES string of the molecule is CC(C)=CCN(C)C1(CC(=O)O)CCCCC1. The summed E-state index contributed by atoms with van der Waals surface area (Å²) in [4.78, 5) is 13.3. The molecule has 1 aliphatic carbocycles. The van der Waals surface area contributed by atoms with Crippen molar-refractivity contribution in [2.45, 2.75) is 57.9 Å². The van der Waals surface area contributed by atoms with Gasteiger partial charge in [0, 0.05) is 12.1 Å². The largest absolute Gasteiger partial charge is 0.481 e. The molecule has 0 amide bonds. The van der Waals surface area contributed by atoms with Crippen molar-refractivity contribution >= 4 is 5.97 Å². The molecule has 0 unspecified atom stereocenters. The number of aliphatic carboxylic acids is 1. The second-order valence-corrected chi connectivity index (χ2v) is 5.52. The van der Waals surface area contributed by atoms with Crippen LogP contribution in [0.1, 0.15) is 52.4 Å².